The van der Waals surface area contributed by atoms with Gasteiger partial charge < -0.3 is 5.32 Å². The summed E-state index contributed by atoms with van der Waals surface area (Å²) in [5, 5.41) is 12.9. The van der Waals surface area contributed by atoms with Gasteiger partial charge in [-0.25, -0.2) is 8.42 Å². The average Bonchev–Trinajstić information content (AvgIpc) is 2.89. The molecule has 0 saturated carbocycles. The van der Waals surface area contributed by atoms with Crippen molar-refractivity contribution in [2.24, 2.45) is 0 Å². The maximum Gasteiger partial charge on any atom is 0.416 e. The maximum absolute atomic E-state index is 13.4. The SMILES string of the molecule is Cc1ccc(-c2nnc(Nc3cccc(C(F)(F)F)c3)c3ccccc23)cc1S(=O)(=O)N1CCCCC1. The second kappa shape index (κ2) is 9.75. The third-order valence-electron chi connectivity index (χ3n) is 6.53. The summed E-state index contributed by atoms with van der Waals surface area (Å²) in [6.07, 6.45) is -1.76. The quantitative estimate of drug-likeness (QED) is 0.320. The molecule has 10 heteroatoms. The van der Waals surface area contributed by atoms with Crippen LogP contribution in [0.15, 0.2) is 71.6 Å². The molecule has 0 unspecified atom stereocenters. The Kier molecular flexibility index (Phi) is 6.63. The Morgan fingerprint density at radius 1 is 0.865 bits per heavy atom. The fourth-order valence-corrected chi connectivity index (χ4v) is 6.36. The lowest BCUT2D eigenvalue weighted by Gasteiger charge is -2.26. The van der Waals surface area contributed by atoms with E-state index in [0.29, 0.717) is 46.5 Å². The normalized spacial score (nSPS) is 15.1. The number of anilines is 2. The standard InChI is InChI=1S/C27H25F3N4O2S/c1-18-12-13-19(16-24(18)37(35,36)34-14-5-2-6-15-34)25-22-10-3-4-11-23(22)26(33-32-25)31-21-9-7-8-20(17-21)27(28,29)30/h3-4,7-13,16-17H,2,5-6,14-15H2,1H3,(H,31,33). The topological polar surface area (TPSA) is 75.2 Å². The van der Waals surface area contributed by atoms with Gasteiger partial charge in [0.1, 0.15) is 5.69 Å². The summed E-state index contributed by atoms with van der Waals surface area (Å²) in [6.45, 7) is 2.78. The van der Waals surface area contributed by atoms with E-state index in [4.69, 9.17) is 0 Å². The zero-order valence-corrected chi connectivity index (χ0v) is 20.9. The Labute approximate surface area is 213 Å². The number of nitrogens with one attached hydrogen (secondary N) is 1. The molecule has 1 aliphatic heterocycles. The number of hydrogen-bond acceptors (Lipinski definition) is 5. The highest BCUT2D eigenvalue weighted by Crippen LogP contribution is 2.35. The number of sulfonamides is 1. The molecule has 0 radical (unpaired) electrons. The van der Waals surface area contributed by atoms with E-state index in [-0.39, 0.29) is 10.6 Å². The van der Waals surface area contributed by atoms with Crippen LogP contribution in [0, 0.1) is 6.92 Å². The number of aryl methyl sites for hydroxylation is 1. The first-order valence-electron chi connectivity index (χ1n) is 12.0. The minimum atomic E-state index is -4.47. The summed E-state index contributed by atoms with van der Waals surface area (Å²) < 4.78 is 67.8. The molecule has 1 fully saturated rings. The molecular formula is C27H25F3N4O2S. The third-order valence-corrected chi connectivity index (χ3v) is 8.58. The fourth-order valence-electron chi connectivity index (χ4n) is 4.59. The number of nitrogens with zero attached hydrogens (tertiary/aromatic N) is 3. The molecule has 0 spiro atoms. The van der Waals surface area contributed by atoms with Crippen LogP contribution in [-0.4, -0.2) is 36.0 Å². The molecule has 1 saturated heterocycles. The number of benzene rings is 3. The van der Waals surface area contributed by atoms with Crippen molar-refractivity contribution in [3.63, 3.8) is 0 Å². The molecule has 2 heterocycles. The summed E-state index contributed by atoms with van der Waals surface area (Å²) in [4.78, 5) is 0.240. The van der Waals surface area contributed by atoms with Crippen LogP contribution in [0.1, 0.15) is 30.4 Å². The summed E-state index contributed by atoms with van der Waals surface area (Å²) in [5.41, 5.74) is 1.19. The lowest BCUT2D eigenvalue weighted by molar-refractivity contribution is -0.137. The molecule has 0 bridgehead atoms. The van der Waals surface area contributed by atoms with E-state index in [1.807, 2.05) is 12.1 Å². The van der Waals surface area contributed by atoms with Crippen LogP contribution in [0.3, 0.4) is 0 Å². The molecule has 3 aromatic carbocycles. The molecule has 1 aromatic heterocycles. The predicted molar refractivity (Wildman–Crippen MR) is 137 cm³/mol. The van der Waals surface area contributed by atoms with E-state index < -0.39 is 21.8 Å². The zero-order chi connectivity index (χ0) is 26.2. The van der Waals surface area contributed by atoms with Gasteiger partial charge in [-0.3, -0.25) is 0 Å². The van der Waals surface area contributed by atoms with Crippen LogP contribution in [-0.2, 0) is 16.2 Å². The number of piperidine rings is 1. The van der Waals surface area contributed by atoms with Crippen molar-refractivity contribution < 1.29 is 21.6 Å². The van der Waals surface area contributed by atoms with Crippen LogP contribution < -0.4 is 5.32 Å². The molecule has 0 aliphatic carbocycles. The predicted octanol–water partition coefficient (Wildman–Crippen LogP) is 6.54. The fraction of sp³-hybridized carbons (Fsp3) is 0.259. The first-order valence-corrected chi connectivity index (χ1v) is 13.4. The van der Waals surface area contributed by atoms with Crippen molar-refractivity contribution in [1.29, 1.82) is 0 Å². The summed E-state index contributed by atoms with van der Waals surface area (Å²) in [5.74, 6) is 0.298. The smallest absolute Gasteiger partial charge is 0.338 e. The van der Waals surface area contributed by atoms with Gasteiger partial charge in [-0.05, 0) is 49.6 Å². The molecule has 5 rings (SSSR count). The highest BCUT2D eigenvalue weighted by molar-refractivity contribution is 7.89. The Morgan fingerprint density at radius 3 is 2.32 bits per heavy atom. The van der Waals surface area contributed by atoms with Crippen LogP contribution in [0.5, 0.6) is 0 Å². The molecule has 37 heavy (non-hydrogen) atoms. The van der Waals surface area contributed by atoms with E-state index in [9.17, 15) is 21.6 Å². The highest BCUT2D eigenvalue weighted by Gasteiger charge is 2.31. The van der Waals surface area contributed by atoms with E-state index in [0.717, 1.165) is 31.4 Å². The van der Waals surface area contributed by atoms with Crippen molar-refractivity contribution in [2.75, 3.05) is 18.4 Å². The Bertz CT molecular complexity index is 1570. The minimum absolute atomic E-state index is 0.229. The van der Waals surface area contributed by atoms with E-state index >= 15 is 0 Å². The number of fused-ring (bicyclic) bond motifs is 1. The van der Waals surface area contributed by atoms with Gasteiger partial charge in [0.15, 0.2) is 5.82 Å². The van der Waals surface area contributed by atoms with Gasteiger partial charge in [-0.2, -0.15) is 17.5 Å². The zero-order valence-electron chi connectivity index (χ0n) is 20.1. The van der Waals surface area contributed by atoms with Gasteiger partial charge in [0.2, 0.25) is 10.0 Å². The molecule has 6 nitrogen and oxygen atoms in total. The number of hydrogen-bond donors (Lipinski definition) is 1. The van der Waals surface area contributed by atoms with Crippen molar-refractivity contribution in [2.45, 2.75) is 37.3 Å². The first-order chi connectivity index (χ1) is 17.6. The highest BCUT2D eigenvalue weighted by atomic mass is 32.2. The van der Waals surface area contributed by atoms with Gasteiger partial charge in [-0.1, -0.05) is 48.9 Å². The Hall–Kier alpha value is -3.50. The van der Waals surface area contributed by atoms with Crippen molar-refractivity contribution in [1.82, 2.24) is 14.5 Å². The van der Waals surface area contributed by atoms with Crippen LogP contribution >= 0.6 is 0 Å². The van der Waals surface area contributed by atoms with Crippen molar-refractivity contribution in [3.8, 4) is 11.3 Å². The average molecular weight is 527 g/mol. The van der Waals surface area contributed by atoms with E-state index in [1.54, 1.807) is 37.3 Å². The first kappa shape index (κ1) is 25.2. The van der Waals surface area contributed by atoms with Gasteiger partial charge >= 0.3 is 6.18 Å². The summed E-state index contributed by atoms with van der Waals surface area (Å²) in [6, 6.07) is 17.3. The number of aromatic nitrogens is 2. The van der Waals surface area contributed by atoms with Gasteiger partial charge in [0.05, 0.1) is 10.5 Å². The molecule has 192 valence electrons. The second-order valence-corrected chi connectivity index (χ2v) is 11.0. The largest absolute Gasteiger partial charge is 0.416 e. The Balaban J connectivity index is 1.56. The van der Waals surface area contributed by atoms with Gasteiger partial charge in [0.25, 0.3) is 0 Å². The number of rotatable bonds is 5. The summed E-state index contributed by atoms with van der Waals surface area (Å²) >= 11 is 0. The van der Waals surface area contributed by atoms with E-state index in [1.165, 1.54) is 16.4 Å². The minimum Gasteiger partial charge on any atom is -0.338 e. The van der Waals surface area contributed by atoms with Crippen LogP contribution in [0.2, 0.25) is 0 Å². The maximum atomic E-state index is 13.4. The van der Waals surface area contributed by atoms with E-state index in [2.05, 4.69) is 15.5 Å². The van der Waals surface area contributed by atoms with Gasteiger partial charge in [-0.15, -0.1) is 10.2 Å². The molecule has 0 amide bonds. The lowest BCUT2D eigenvalue weighted by atomic mass is 10.0. The second-order valence-electron chi connectivity index (χ2n) is 9.09. The van der Waals surface area contributed by atoms with Gasteiger partial charge in [0, 0.05) is 35.1 Å². The van der Waals surface area contributed by atoms with Crippen molar-refractivity contribution in [3.05, 3.63) is 77.9 Å². The monoisotopic (exact) mass is 526 g/mol. The molecule has 1 N–H and O–H groups in total. The van der Waals surface area contributed by atoms with Crippen LogP contribution in [0.4, 0.5) is 24.7 Å². The third kappa shape index (κ3) is 5.03. The number of halogens is 3. The molecular weight excluding hydrogens is 501 g/mol. The number of alkyl halides is 3. The van der Waals surface area contributed by atoms with Crippen molar-refractivity contribution >= 4 is 32.3 Å². The summed E-state index contributed by atoms with van der Waals surface area (Å²) in [7, 11) is -3.66. The molecule has 4 aromatic rings. The lowest BCUT2D eigenvalue weighted by Crippen LogP contribution is -2.35. The van der Waals surface area contributed by atoms with Crippen LogP contribution in [0.25, 0.3) is 22.0 Å². The molecule has 1 aliphatic rings. The Morgan fingerprint density at radius 2 is 1.59 bits per heavy atom. The molecule has 0 atom stereocenters.